The molecule has 0 aromatic rings. The zero-order valence-electron chi connectivity index (χ0n) is 9.14. The second kappa shape index (κ2) is 4.13. The highest BCUT2D eigenvalue weighted by Crippen LogP contribution is 2.38. The first-order valence-electron chi connectivity index (χ1n) is 5.43. The number of nitriles is 1. The van der Waals surface area contributed by atoms with E-state index in [0.29, 0.717) is 11.3 Å². The molecule has 2 unspecified atom stereocenters. The zero-order chi connectivity index (χ0) is 9.90. The number of hydrogen-bond acceptors (Lipinski definition) is 1. The first kappa shape index (κ1) is 10.6. The molecule has 0 saturated heterocycles. The molecule has 1 aliphatic carbocycles. The van der Waals surface area contributed by atoms with E-state index in [1.165, 1.54) is 19.3 Å². The Balaban J connectivity index is 2.51. The van der Waals surface area contributed by atoms with E-state index in [4.69, 9.17) is 5.26 Å². The second-order valence-corrected chi connectivity index (χ2v) is 5.40. The van der Waals surface area contributed by atoms with Gasteiger partial charge in [0.2, 0.25) is 0 Å². The lowest BCUT2D eigenvalue weighted by molar-refractivity contribution is 0.214. The molecular formula is C12H21N. The molecule has 0 radical (unpaired) electrons. The first-order valence-corrected chi connectivity index (χ1v) is 5.43. The Morgan fingerprint density at radius 3 is 2.31 bits per heavy atom. The van der Waals surface area contributed by atoms with Crippen LogP contribution in [-0.2, 0) is 0 Å². The maximum absolute atomic E-state index is 8.86. The lowest BCUT2D eigenvalue weighted by Gasteiger charge is -2.29. The van der Waals surface area contributed by atoms with Crippen LogP contribution in [0.4, 0.5) is 0 Å². The van der Waals surface area contributed by atoms with Crippen molar-refractivity contribution >= 4 is 0 Å². The van der Waals surface area contributed by atoms with Crippen molar-refractivity contribution in [3.63, 3.8) is 0 Å². The van der Waals surface area contributed by atoms with Crippen LogP contribution in [-0.4, -0.2) is 0 Å². The average molecular weight is 179 g/mol. The SMILES string of the molecule is CC(C)(C)C1CCCC(C#N)CC1. The van der Waals surface area contributed by atoms with E-state index in [0.717, 1.165) is 18.8 Å². The predicted octanol–water partition coefficient (Wildman–Crippen LogP) is 3.75. The third kappa shape index (κ3) is 3.03. The van der Waals surface area contributed by atoms with Crippen molar-refractivity contribution in [2.45, 2.75) is 52.9 Å². The Morgan fingerprint density at radius 1 is 1.08 bits per heavy atom. The molecule has 1 aliphatic rings. The lowest BCUT2D eigenvalue weighted by atomic mass is 9.76. The molecule has 0 N–H and O–H groups in total. The zero-order valence-corrected chi connectivity index (χ0v) is 9.14. The van der Waals surface area contributed by atoms with Gasteiger partial charge in [-0.1, -0.05) is 27.2 Å². The van der Waals surface area contributed by atoms with Gasteiger partial charge in [0.05, 0.1) is 6.07 Å². The minimum Gasteiger partial charge on any atom is -0.198 e. The highest BCUT2D eigenvalue weighted by atomic mass is 14.3. The van der Waals surface area contributed by atoms with E-state index < -0.39 is 0 Å². The smallest absolute Gasteiger partial charge is 0.0655 e. The summed E-state index contributed by atoms with van der Waals surface area (Å²) in [6.07, 6.45) is 6.07. The molecule has 0 bridgehead atoms. The van der Waals surface area contributed by atoms with Crippen LogP contribution in [0.5, 0.6) is 0 Å². The van der Waals surface area contributed by atoms with Crippen molar-refractivity contribution in [1.82, 2.24) is 0 Å². The lowest BCUT2D eigenvalue weighted by Crippen LogP contribution is -2.19. The summed E-state index contributed by atoms with van der Waals surface area (Å²) in [6.45, 7) is 6.97. The van der Waals surface area contributed by atoms with Gasteiger partial charge >= 0.3 is 0 Å². The summed E-state index contributed by atoms with van der Waals surface area (Å²) in [5, 5.41) is 8.86. The molecule has 1 saturated carbocycles. The van der Waals surface area contributed by atoms with Gasteiger partial charge in [-0.3, -0.25) is 0 Å². The van der Waals surface area contributed by atoms with E-state index >= 15 is 0 Å². The first-order chi connectivity index (χ1) is 6.04. The van der Waals surface area contributed by atoms with Crippen LogP contribution in [0.2, 0.25) is 0 Å². The van der Waals surface area contributed by atoms with Gasteiger partial charge < -0.3 is 0 Å². The maximum atomic E-state index is 8.86. The van der Waals surface area contributed by atoms with Crippen molar-refractivity contribution in [3.8, 4) is 6.07 Å². The minimum absolute atomic E-state index is 0.340. The Kier molecular flexibility index (Phi) is 3.36. The molecule has 0 heterocycles. The summed E-state index contributed by atoms with van der Waals surface area (Å²) in [4.78, 5) is 0. The summed E-state index contributed by atoms with van der Waals surface area (Å²) < 4.78 is 0. The van der Waals surface area contributed by atoms with Crippen molar-refractivity contribution < 1.29 is 0 Å². The topological polar surface area (TPSA) is 23.8 Å². The van der Waals surface area contributed by atoms with Gasteiger partial charge in [-0.15, -0.1) is 0 Å². The summed E-state index contributed by atoms with van der Waals surface area (Å²) in [5.41, 5.74) is 0.435. The van der Waals surface area contributed by atoms with Crippen LogP contribution >= 0.6 is 0 Å². The van der Waals surface area contributed by atoms with Crippen LogP contribution < -0.4 is 0 Å². The van der Waals surface area contributed by atoms with Crippen molar-refractivity contribution in [2.24, 2.45) is 17.3 Å². The average Bonchev–Trinajstić information content (AvgIpc) is 2.26. The molecule has 1 rings (SSSR count). The van der Waals surface area contributed by atoms with Crippen molar-refractivity contribution in [2.75, 3.05) is 0 Å². The molecule has 1 nitrogen and oxygen atoms in total. The molecule has 1 fully saturated rings. The van der Waals surface area contributed by atoms with Crippen molar-refractivity contribution in [3.05, 3.63) is 0 Å². The predicted molar refractivity (Wildman–Crippen MR) is 55.1 cm³/mol. The van der Waals surface area contributed by atoms with E-state index in [1.807, 2.05) is 0 Å². The Labute approximate surface area is 82.1 Å². The molecule has 0 aromatic carbocycles. The van der Waals surface area contributed by atoms with Crippen LogP contribution in [0.25, 0.3) is 0 Å². The second-order valence-electron chi connectivity index (χ2n) is 5.40. The van der Waals surface area contributed by atoms with E-state index in [9.17, 15) is 0 Å². The number of rotatable bonds is 0. The van der Waals surface area contributed by atoms with Crippen LogP contribution in [0, 0.1) is 28.6 Å². The van der Waals surface area contributed by atoms with E-state index in [-0.39, 0.29) is 0 Å². The van der Waals surface area contributed by atoms with Gasteiger partial charge in [-0.05, 0) is 37.0 Å². The highest BCUT2D eigenvalue weighted by molar-refractivity contribution is 4.87. The van der Waals surface area contributed by atoms with Crippen molar-refractivity contribution in [1.29, 1.82) is 5.26 Å². The standard InChI is InChI=1S/C12H21N/c1-12(2,3)11-6-4-5-10(9-13)7-8-11/h10-11H,4-8H2,1-3H3. The molecule has 2 atom stereocenters. The molecule has 0 aromatic heterocycles. The summed E-state index contributed by atoms with van der Waals surface area (Å²) in [7, 11) is 0. The maximum Gasteiger partial charge on any atom is 0.0655 e. The number of nitrogens with zero attached hydrogens (tertiary/aromatic N) is 1. The van der Waals surface area contributed by atoms with Crippen LogP contribution in [0.3, 0.4) is 0 Å². The fourth-order valence-corrected chi connectivity index (χ4v) is 2.30. The molecular weight excluding hydrogens is 158 g/mol. The monoisotopic (exact) mass is 179 g/mol. The summed E-state index contributed by atoms with van der Waals surface area (Å²) in [6, 6.07) is 2.42. The third-order valence-electron chi connectivity index (χ3n) is 3.38. The quantitative estimate of drug-likeness (QED) is 0.519. The largest absolute Gasteiger partial charge is 0.198 e. The van der Waals surface area contributed by atoms with E-state index in [2.05, 4.69) is 26.8 Å². The molecule has 0 spiro atoms. The summed E-state index contributed by atoms with van der Waals surface area (Å²) >= 11 is 0. The van der Waals surface area contributed by atoms with Gasteiger partial charge in [0, 0.05) is 5.92 Å². The van der Waals surface area contributed by atoms with Crippen LogP contribution in [0.15, 0.2) is 0 Å². The fraction of sp³-hybridized carbons (Fsp3) is 0.917. The van der Waals surface area contributed by atoms with Gasteiger partial charge in [0.15, 0.2) is 0 Å². The minimum atomic E-state index is 0.340. The normalized spacial score (nSPS) is 30.6. The van der Waals surface area contributed by atoms with Gasteiger partial charge in [-0.25, -0.2) is 0 Å². The van der Waals surface area contributed by atoms with Crippen LogP contribution in [0.1, 0.15) is 52.9 Å². The van der Waals surface area contributed by atoms with Gasteiger partial charge in [0.25, 0.3) is 0 Å². The third-order valence-corrected chi connectivity index (χ3v) is 3.38. The molecule has 74 valence electrons. The Bertz CT molecular complexity index is 194. The van der Waals surface area contributed by atoms with Gasteiger partial charge in [-0.2, -0.15) is 5.26 Å². The Morgan fingerprint density at radius 2 is 1.77 bits per heavy atom. The molecule has 0 aliphatic heterocycles. The molecule has 1 heteroatoms. The Hall–Kier alpha value is -0.510. The summed E-state index contributed by atoms with van der Waals surface area (Å²) in [5.74, 6) is 1.16. The number of hydrogen-bond donors (Lipinski definition) is 0. The molecule has 0 amide bonds. The molecule has 13 heavy (non-hydrogen) atoms. The fourth-order valence-electron chi connectivity index (χ4n) is 2.30. The highest BCUT2D eigenvalue weighted by Gasteiger charge is 2.27. The van der Waals surface area contributed by atoms with E-state index in [1.54, 1.807) is 0 Å². The van der Waals surface area contributed by atoms with Gasteiger partial charge in [0.1, 0.15) is 0 Å².